The standard InChI is InChI=1S/C10H17NO4/c1-3-15-8(12)10(2)5-4-6-11(7-10)9(13)14/h3-7H2,1-2H3,(H,13,14). The lowest BCUT2D eigenvalue weighted by Gasteiger charge is -2.36. The van der Waals surface area contributed by atoms with Crippen LogP contribution in [0.5, 0.6) is 0 Å². The maximum absolute atomic E-state index is 11.6. The fourth-order valence-electron chi connectivity index (χ4n) is 1.87. The van der Waals surface area contributed by atoms with E-state index in [0.29, 0.717) is 26.0 Å². The van der Waals surface area contributed by atoms with E-state index in [1.54, 1.807) is 13.8 Å². The van der Waals surface area contributed by atoms with Crippen LogP contribution in [-0.4, -0.2) is 41.8 Å². The molecular formula is C10H17NO4. The molecule has 1 saturated heterocycles. The smallest absolute Gasteiger partial charge is 0.407 e. The van der Waals surface area contributed by atoms with E-state index in [9.17, 15) is 9.59 Å². The summed E-state index contributed by atoms with van der Waals surface area (Å²) in [6, 6.07) is 0. The highest BCUT2D eigenvalue weighted by Crippen LogP contribution is 2.30. The van der Waals surface area contributed by atoms with Crippen LogP contribution in [0.15, 0.2) is 0 Å². The average molecular weight is 215 g/mol. The lowest BCUT2D eigenvalue weighted by Crippen LogP contribution is -2.48. The Balaban J connectivity index is 2.67. The Labute approximate surface area is 89.0 Å². The Morgan fingerprint density at radius 2 is 2.20 bits per heavy atom. The van der Waals surface area contributed by atoms with Crippen molar-refractivity contribution in [2.24, 2.45) is 5.41 Å². The number of hydrogen-bond donors (Lipinski definition) is 1. The van der Waals surface area contributed by atoms with Gasteiger partial charge < -0.3 is 14.7 Å². The lowest BCUT2D eigenvalue weighted by atomic mass is 9.82. The number of piperidine rings is 1. The minimum absolute atomic E-state index is 0.237. The van der Waals surface area contributed by atoms with E-state index < -0.39 is 11.5 Å². The molecule has 1 aliphatic rings. The molecule has 5 heteroatoms. The van der Waals surface area contributed by atoms with Crippen molar-refractivity contribution in [2.75, 3.05) is 19.7 Å². The molecule has 1 atom stereocenters. The molecular weight excluding hydrogens is 198 g/mol. The molecule has 5 nitrogen and oxygen atoms in total. The van der Waals surface area contributed by atoms with Crippen molar-refractivity contribution in [3.8, 4) is 0 Å². The zero-order valence-electron chi connectivity index (χ0n) is 9.15. The largest absolute Gasteiger partial charge is 0.466 e. The number of carboxylic acid groups (broad SMARTS) is 1. The minimum atomic E-state index is -0.967. The Hall–Kier alpha value is -1.26. The molecule has 1 amide bonds. The molecule has 15 heavy (non-hydrogen) atoms. The first-order valence-corrected chi connectivity index (χ1v) is 5.14. The molecule has 0 radical (unpaired) electrons. The first-order chi connectivity index (χ1) is 6.99. The summed E-state index contributed by atoms with van der Waals surface area (Å²) in [7, 11) is 0. The third kappa shape index (κ3) is 2.61. The number of amides is 1. The number of esters is 1. The molecule has 0 spiro atoms. The first-order valence-electron chi connectivity index (χ1n) is 5.14. The van der Waals surface area contributed by atoms with Gasteiger partial charge in [0.25, 0.3) is 0 Å². The molecule has 1 N–H and O–H groups in total. The molecule has 1 heterocycles. The summed E-state index contributed by atoms with van der Waals surface area (Å²) >= 11 is 0. The van der Waals surface area contributed by atoms with Gasteiger partial charge in [0, 0.05) is 13.1 Å². The Bertz CT molecular complexity index is 266. The molecule has 1 unspecified atom stereocenters. The van der Waals surface area contributed by atoms with E-state index in [-0.39, 0.29) is 12.5 Å². The highest BCUT2D eigenvalue weighted by Gasteiger charge is 2.40. The highest BCUT2D eigenvalue weighted by atomic mass is 16.5. The van der Waals surface area contributed by atoms with Crippen molar-refractivity contribution >= 4 is 12.1 Å². The quantitative estimate of drug-likeness (QED) is 0.706. The van der Waals surface area contributed by atoms with Gasteiger partial charge in [-0.1, -0.05) is 0 Å². The Morgan fingerprint density at radius 1 is 1.53 bits per heavy atom. The molecule has 0 saturated carbocycles. The number of nitrogens with zero attached hydrogens (tertiary/aromatic N) is 1. The van der Waals surface area contributed by atoms with Crippen LogP contribution in [0, 0.1) is 5.41 Å². The van der Waals surface area contributed by atoms with Gasteiger partial charge in [-0.3, -0.25) is 4.79 Å². The summed E-state index contributed by atoms with van der Waals surface area (Å²) in [4.78, 5) is 23.7. The van der Waals surface area contributed by atoms with Crippen LogP contribution in [0.1, 0.15) is 26.7 Å². The van der Waals surface area contributed by atoms with Crippen LogP contribution in [0.2, 0.25) is 0 Å². The fourth-order valence-corrected chi connectivity index (χ4v) is 1.87. The van der Waals surface area contributed by atoms with Crippen molar-refractivity contribution in [3.63, 3.8) is 0 Å². The molecule has 86 valence electrons. The van der Waals surface area contributed by atoms with Gasteiger partial charge in [-0.2, -0.15) is 0 Å². The second-order valence-electron chi connectivity index (χ2n) is 4.09. The molecule has 0 aromatic rings. The van der Waals surface area contributed by atoms with Crippen molar-refractivity contribution in [1.82, 2.24) is 4.90 Å². The topological polar surface area (TPSA) is 66.8 Å². The highest BCUT2D eigenvalue weighted by molar-refractivity contribution is 5.78. The zero-order chi connectivity index (χ0) is 11.5. The third-order valence-corrected chi connectivity index (χ3v) is 2.74. The van der Waals surface area contributed by atoms with Crippen LogP contribution in [0.4, 0.5) is 4.79 Å². The molecule has 1 aliphatic heterocycles. The first kappa shape index (κ1) is 11.8. The van der Waals surface area contributed by atoms with E-state index in [1.165, 1.54) is 4.90 Å². The van der Waals surface area contributed by atoms with Crippen LogP contribution in [0.25, 0.3) is 0 Å². The van der Waals surface area contributed by atoms with E-state index >= 15 is 0 Å². The van der Waals surface area contributed by atoms with Crippen LogP contribution in [-0.2, 0) is 9.53 Å². The van der Waals surface area contributed by atoms with E-state index in [4.69, 9.17) is 9.84 Å². The fraction of sp³-hybridized carbons (Fsp3) is 0.800. The molecule has 0 bridgehead atoms. The van der Waals surface area contributed by atoms with Crippen molar-refractivity contribution in [3.05, 3.63) is 0 Å². The van der Waals surface area contributed by atoms with Gasteiger partial charge >= 0.3 is 12.1 Å². The molecule has 0 aromatic heterocycles. The van der Waals surface area contributed by atoms with Gasteiger partial charge in [0.05, 0.1) is 12.0 Å². The predicted molar refractivity (Wildman–Crippen MR) is 53.6 cm³/mol. The normalized spacial score (nSPS) is 26.1. The van der Waals surface area contributed by atoms with Gasteiger partial charge in [0.15, 0.2) is 0 Å². The predicted octanol–water partition coefficient (Wildman–Crippen LogP) is 1.33. The van der Waals surface area contributed by atoms with Crippen LogP contribution in [0.3, 0.4) is 0 Å². The van der Waals surface area contributed by atoms with Crippen molar-refractivity contribution in [2.45, 2.75) is 26.7 Å². The van der Waals surface area contributed by atoms with Crippen molar-refractivity contribution in [1.29, 1.82) is 0 Å². The number of likely N-dealkylation sites (tertiary alicyclic amines) is 1. The van der Waals surface area contributed by atoms with E-state index in [1.807, 2.05) is 0 Å². The number of carbonyl (C=O) groups is 2. The summed E-state index contributed by atoms with van der Waals surface area (Å²) in [6.07, 6.45) is 0.433. The second-order valence-corrected chi connectivity index (χ2v) is 4.09. The number of hydrogen-bond acceptors (Lipinski definition) is 3. The summed E-state index contributed by atoms with van der Waals surface area (Å²) < 4.78 is 4.95. The van der Waals surface area contributed by atoms with Gasteiger partial charge in [-0.15, -0.1) is 0 Å². The zero-order valence-corrected chi connectivity index (χ0v) is 9.15. The third-order valence-electron chi connectivity index (χ3n) is 2.74. The van der Waals surface area contributed by atoms with Crippen LogP contribution >= 0.6 is 0 Å². The maximum Gasteiger partial charge on any atom is 0.407 e. The molecule has 0 aliphatic carbocycles. The summed E-state index contributed by atoms with van der Waals surface area (Å²) in [5.41, 5.74) is -0.674. The van der Waals surface area contributed by atoms with E-state index in [0.717, 1.165) is 0 Å². The average Bonchev–Trinajstić information content (AvgIpc) is 2.18. The summed E-state index contributed by atoms with van der Waals surface area (Å²) in [5.74, 6) is -0.295. The van der Waals surface area contributed by atoms with Gasteiger partial charge in [-0.05, 0) is 26.7 Å². The number of rotatable bonds is 2. The molecule has 1 fully saturated rings. The monoisotopic (exact) mass is 215 g/mol. The maximum atomic E-state index is 11.6. The van der Waals surface area contributed by atoms with Gasteiger partial charge in [-0.25, -0.2) is 4.79 Å². The number of ether oxygens (including phenoxy) is 1. The van der Waals surface area contributed by atoms with Crippen molar-refractivity contribution < 1.29 is 19.4 Å². The van der Waals surface area contributed by atoms with Crippen LogP contribution < -0.4 is 0 Å². The Kier molecular flexibility index (Phi) is 3.55. The second kappa shape index (κ2) is 4.51. The Morgan fingerprint density at radius 3 is 2.73 bits per heavy atom. The molecule has 0 aromatic carbocycles. The SMILES string of the molecule is CCOC(=O)C1(C)CCCN(C(=O)O)C1. The minimum Gasteiger partial charge on any atom is -0.466 e. The van der Waals surface area contributed by atoms with E-state index in [2.05, 4.69) is 0 Å². The lowest BCUT2D eigenvalue weighted by molar-refractivity contribution is -0.157. The number of carbonyl (C=O) groups excluding carboxylic acids is 1. The van der Waals surface area contributed by atoms with Gasteiger partial charge in [0.1, 0.15) is 0 Å². The summed E-state index contributed by atoms with van der Waals surface area (Å²) in [5, 5.41) is 8.86. The van der Waals surface area contributed by atoms with Gasteiger partial charge in [0.2, 0.25) is 0 Å². The summed E-state index contributed by atoms with van der Waals surface area (Å²) in [6.45, 7) is 4.59. The molecule has 1 rings (SSSR count).